The lowest BCUT2D eigenvalue weighted by molar-refractivity contribution is -0.126. The molecule has 0 radical (unpaired) electrons. The Morgan fingerprint density at radius 3 is 2.70 bits per heavy atom. The number of hydrogen-bond donors (Lipinski definition) is 0. The first-order chi connectivity index (χ1) is 9.65. The molecule has 0 atom stereocenters. The third-order valence-electron chi connectivity index (χ3n) is 3.32. The lowest BCUT2D eigenvalue weighted by Crippen LogP contribution is -2.34. The van der Waals surface area contributed by atoms with E-state index in [2.05, 4.69) is 0 Å². The molecule has 0 saturated carbocycles. The van der Waals surface area contributed by atoms with Gasteiger partial charge in [0.05, 0.1) is 6.10 Å². The molecule has 0 N–H and O–H groups in total. The number of nitrogens with zero attached hydrogens (tertiary/aromatic N) is 1. The number of benzene rings is 1. The molecule has 1 aliphatic heterocycles. The number of amides is 1. The molecule has 1 aromatic rings. The Labute approximate surface area is 121 Å². The van der Waals surface area contributed by atoms with E-state index in [9.17, 15) is 4.79 Å². The van der Waals surface area contributed by atoms with E-state index in [1.165, 1.54) is 6.42 Å². The summed E-state index contributed by atoms with van der Waals surface area (Å²) >= 11 is 0. The summed E-state index contributed by atoms with van der Waals surface area (Å²) in [5.41, 5.74) is 0.994. The van der Waals surface area contributed by atoms with Crippen LogP contribution in [0.25, 0.3) is 6.08 Å². The van der Waals surface area contributed by atoms with Crippen LogP contribution in [-0.4, -0.2) is 30.0 Å². The van der Waals surface area contributed by atoms with Gasteiger partial charge in [-0.15, -0.1) is 0 Å². The number of piperidine rings is 1. The number of likely N-dealkylation sites (tertiary alicyclic amines) is 1. The third kappa shape index (κ3) is 4.41. The van der Waals surface area contributed by atoms with Crippen LogP contribution in [0.3, 0.4) is 0 Å². The first-order valence-corrected chi connectivity index (χ1v) is 7.39. The van der Waals surface area contributed by atoms with E-state index in [4.69, 9.17) is 4.74 Å². The van der Waals surface area contributed by atoms with Gasteiger partial charge in [-0.3, -0.25) is 4.79 Å². The van der Waals surface area contributed by atoms with Crippen molar-refractivity contribution in [2.45, 2.75) is 39.2 Å². The van der Waals surface area contributed by atoms with E-state index in [1.807, 2.05) is 49.1 Å². The maximum Gasteiger partial charge on any atom is 0.246 e. The molecule has 20 heavy (non-hydrogen) atoms. The van der Waals surface area contributed by atoms with Crippen LogP contribution in [0.15, 0.2) is 30.3 Å². The van der Waals surface area contributed by atoms with Crippen molar-refractivity contribution < 1.29 is 9.53 Å². The average molecular weight is 273 g/mol. The van der Waals surface area contributed by atoms with Crippen molar-refractivity contribution in [1.29, 1.82) is 0 Å². The number of rotatable bonds is 4. The van der Waals surface area contributed by atoms with E-state index >= 15 is 0 Å². The zero-order chi connectivity index (χ0) is 14.4. The predicted molar refractivity (Wildman–Crippen MR) is 81.7 cm³/mol. The maximum absolute atomic E-state index is 12.0. The second kappa shape index (κ2) is 7.13. The minimum atomic E-state index is 0.111. The van der Waals surface area contributed by atoms with Crippen LogP contribution >= 0.6 is 0 Å². The van der Waals surface area contributed by atoms with E-state index < -0.39 is 0 Å². The topological polar surface area (TPSA) is 29.5 Å². The second-order valence-corrected chi connectivity index (χ2v) is 5.46. The van der Waals surface area contributed by atoms with E-state index in [-0.39, 0.29) is 12.0 Å². The molecule has 1 amide bonds. The van der Waals surface area contributed by atoms with Gasteiger partial charge in [0.1, 0.15) is 5.75 Å². The molecule has 108 valence electrons. The third-order valence-corrected chi connectivity index (χ3v) is 3.32. The van der Waals surface area contributed by atoms with Crippen molar-refractivity contribution in [3.8, 4) is 5.75 Å². The lowest BCUT2D eigenvalue weighted by atomic mass is 10.1. The van der Waals surface area contributed by atoms with E-state index in [0.717, 1.165) is 37.2 Å². The van der Waals surface area contributed by atoms with Gasteiger partial charge in [0.25, 0.3) is 0 Å². The monoisotopic (exact) mass is 273 g/mol. The summed E-state index contributed by atoms with van der Waals surface area (Å²) in [5.74, 6) is 0.951. The van der Waals surface area contributed by atoms with Crippen molar-refractivity contribution >= 4 is 12.0 Å². The van der Waals surface area contributed by atoms with Crippen molar-refractivity contribution in [1.82, 2.24) is 4.90 Å². The molecule has 2 rings (SSSR count). The molecule has 0 unspecified atom stereocenters. The number of carbonyl (C=O) groups is 1. The van der Waals surface area contributed by atoms with Crippen LogP contribution < -0.4 is 4.74 Å². The quantitative estimate of drug-likeness (QED) is 0.786. The summed E-state index contributed by atoms with van der Waals surface area (Å²) in [6.07, 6.45) is 7.17. The van der Waals surface area contributed by atoms with Crippen LogP contribution in [-0.2, 0) is 4.79 Å². The van der Waals surface area contributed by atoms with Crippen LogP contribution in [0.4, 0.5) is 0 Å². The van der Waals surface area contributed by atoms with Crippen LogP contribution in [0.2, 0.25) is 0 Å². The fraction of sp³-hybridized carbons (Fsp3) is 0.471. The van der Waals surface area contributed by atoms with Gasteiger partial charge in [-0.05, 0) is 56.9 Å². The first-order valence-electron chi connectivity index (χ1n) is 7.39. The maximum atomic E-state index is 12.0. The fourth-order valence-corrected chi connectivity index (χ4v) is 2.35. The Kier molecular flexibility index (Phi) is 5.22. The molecule has 1 aliphatic rings. The van der Waals surface area contributed by atoms with Crippen molar-refractivity contribution in [2.75, 3.05) is 13.1 Å². The van der Waals surface area contributed by atoms with E-state index in [0.29, 0.717) is 0 Å². The largest absolute Gasteiger partial charge is 0.491 e. The molecule has 1 saturated heterocycles. The minimum absolute atomic E-state index is 0.111. The van der Waals surface area contributed by atoms with Gasteiger partial charge in [-0.1, -0.05) is 12.1 Å². The zero-order valence-corrected chi connectivity index (χ0v) is 12.3. The van der Waals surface area contributed by atoms with Gasteiger partial charge < -0.3 is 9.64 Å². The highest BCUT2D eigenvalue weighted by Gasteiger charge is 2.13. The highest BCUT2D eigenvalue weighted by atomic mass is 16.5. The Hall–Kier alpha value is -1.77. The number of hydrogen-bond acceptors (Lipinski definition) is 2. The lowest BCUT2D eigenvalue weighted by Gasteiger charge is -2.25. The summed E-state index contributed by atoms with van der Waals surface area (Å²) in [5, 5.41) is 0. The standard InChI is InChI=1S/C17H23NO2/c1-14(2)20-16-8-6-7-15(13-16)9-10-17(19)18-11-4-3-5-12-18/h6-10,13-14H,3-5,11-12H2,1-2H3/b10-9+. The van der Waals surface area contributed by atoms with Crippen LogP contribution in [0, 0.1) is 0 Å². The first kappa shape index (κ1) is 14.6. The predicted octanol–water partition coefficient (Wildman–Crippen LogP) is 3.50. The molecule has 1 aromatic carbocycles. The fourth-order valence-electron chi connectivity index (χ4n) is 2.35. The summed E-state index contributed by atoms with van der Waals surface area (Å²) in [7, 11) is 0. The molecule has 0 bridgehead atoms. The molecule has 1 heterocycles. The van der Waals surface area contributed by atoms with Gasteiger partial charge in [0, 0.05) is 19.2 Å². The van der Waals surface area contributed by atoms with Gasteiger partial charge in [0.15, 0.2) is 0 Å². The van der Waals surface area contributed by atoms with E-state index in [1.54, 1.807) is 6.08 Å². The summed E-state index contributed by atoms with van der Waals surface area (Å²) < 4.78 is 5.65. The minimum Gasteiger partial charge on any atom is -0.491 e. The van der Waals surface area contributed by atoms with Crippen molar-refractivity contribution in [3.63, 3.8) is 0 Å². The zero-order valence-electron chi connectivity index (χ0n) is 12.3. The highest BCUT2D eigenvalue weighted by molar-refractivity contribution is 5.91. The molecular formula is C17H23NO2. The summed E-state index contributed by atoms with van der Waals surface area (Å²) in [6.45, 7) is 5.78. The molecular weight excluding hydrogens is 250 g/mol. The smallest absolute Gasteiger partial charge is 0.246 e. The van der Waals surface area contributed by atoms with Crippen molar-refractivity contribution in [3.05, 3.63) is 35.9 Å². The Bertz CT molecular complexity index is 474. The van der Waals surface area contributed by atoms with Gasteiger partial charge >= 0.3 is 0 Å². The van der Waals surface area contributed by atoms with Crippen LogP contribution in [0.5, 0.6) is 5.75 Å². The molecule has 0 spiro atoms. The second-order valence-electron chi connectivity index (χ2n) is 5.46. The molecule has 3 heteroatoms. The van der Waals surface area contributed by atoms with Gasteiger partial charge in [-0.2, -0.15) is 0 Å². The van der Waals surface area contributed by atoms with Crippen molar-refractivity contribution in [2.24, 2.45) is 0 Å². The Morgan fingerprint density at radius 1 is 1.25 bits per heavy atom. The number of ether oxygens (including phenoxy) is 1. The molecule has 0 aliphatic carbocycles. The van der Waals surface area contributed by atoms with Crippen LogP contribution in [0.1, 0.15) is 38.7 Å². The Morgan fingerprint density at radius 2 is 2.00 bits per heavy atom. The van der Waals surface area contributed by atoms with Gasteiger partial charge in [0.2, 0.25) is 5.91 Å². The molecule has 3 nitrogen and oxygen atoms in total. The SMILES string of the molecule is CC(C)Oc1cccc(/C=C/C(=O)N2CCCCC2)c1. The number of carbonyl (C=O) groups excluding carboxylic acids is 1. The van der Waals surface area contributed by atoms with Gasteiger partial charge in [-0.25, -0.2) is 0 Å². The molecule has 0 aromatic heterocycles. The Balaban J connectivity index is 1.97. The average Bonchev–Trinajstić information content (AvgIpc) is 2.45. The normalized spacial score (nSPS) is 15.8. The summed E-state index contributed by atoms with van der Waals surface area (Å²) in [4.78, 5) is 14.0. The summed E-state index contributed by atoms with van der Waals surface area (Å²) in [6, 6.07) is 7.82. The molecule has 1 fully saturated rings. The highest BCUT2D eigenvalue weighted by Crippen LogP contribution is 2.16.